The predicted octanol–water partition coefficient (Wildman–Crippen LogP) is 2.46. The van der Waals surface area contributed by atoms with Crippen LogP contribution >= 0.6 is 0 Å². The summed E-state index contributed by atoms with van der Waals surface area (Å²) in [7, 11) is 0. The third-order valence-corrected chi connectivity index (χ3v) is 3.59. The van der Waals surface area contributed by atoms with Crippen LogP contribution in [0.4, 0.5) is 4.79 Å². The fourth-order valence-corrected chi connectivity index (χ4v) is 2.55. The van der Waals surface area contributed by atoms with Gasteiger partial charge in [0.05, 0.1) is 19.2 Å². The highest BCUT2D eigenvalue weighted by Gasteiger charge is 2.31. The smallest absolute Gasteiger partial charge is 0.318 e. The van der Waals surface area contributed by atoms with Crippen LogP contribution in [0.2, 0.25) is 0 Å². The Balaban J connectivity index is 2.06. The number of hydrogen-bond acceptors (Lipinski definition) is 3. The number of carbonyl (C=O) groups is 2. The van der Waals surface area contributed by atoms with E-state index >= 15 is 0 Å². The topological polar surface area (TPSA) is 58.6 Å². The molecule has 1 aliphatic rings. The number of urea groups is 1. The molecule has 1 aromatic carbocycles. The van der Waals surface area contributed by atoms with Crippen molar-refractivity contribution in [3.8, 4) is 5.75 Å². The van der Waals surface area contributed by atoms with Crippen molar-refractivity contribution in [3.63, 3.8) is 0 Å². The van der Waals surface area contributed by atoms with E-state index in [-0.39, 0.29) is 24.4 Å². The second kappa shape index (κ2) is 7.11. The fourth-order valence-electron chi connectivity index (χ4n) is 2.55. The third-order valence-electron chi connectivity index (χ3n) is 3.59. The molecule has 0 aromatic heterocycles. The quantitative estimate of drug-likeness (QED) is 0.785. The molecule has 2 rings (SSSR count). The number of rotatable bonds is 7. The van der Waals surface area contributed by atoms with E-state index in [1.165, 1.54) is 0 Å². The van der Waals surface area contributed by atoms with Gasteiger partial charge in [-0.25, -0.2) is 4.79 Å². The van der Waals surface area contributed by atoms with E-state index in [0.29, 0.717) is 24.5 Å². The summed E-state index contributed by atoms with van der Waals surface area (Å²) in [5, 5.41) is 2.80. The molecule has 21 heavy (non-hydrogen) atoms. The summed E-state index contributed by atoms with van der Waals surface area (Å²) >= 11 is 0. The van der Waals surface area contributed by atoms with Gasteiger partial charge in [-0.05, 0) is 25.5 Å². The van der Waals surface area contributed by atoms with Crippen LogP contribution in [0.3, 0.4) is 0 Å². The Labute approximate surface area is 125 Å². The first kappa shape index (κ1) is 15.4. The van der Waals surface area contributed by atoms with Gasteiger partial charge in [0.15, 0.2) is 5.78 Å². The molecule has 1 atom stereocenters. The number of benzene rings is 1. The molecule has 0 saturated carbocycles. The number of Topliss-reactive ketones (excluding diaryl/α,β-unsaturated/α-hetero) is 1. The Kier molecular flexibility index (Phi) is 5.20. The molecule has 1 heterocycles. The molecule has 0 unspecified atom stereocenters. The number of nitrogens with one attached hydrogen (secondary N) is 1. The first-order valence-corrected chi connectivity index (χ1v) is 7.46. The average molecular weight is 290 g/mol. The minimum absolute atomic E-state index is 0.0605. The summed E-state index contributed by atoms with van der Waals surface area (Å²) < 4.78 is 5.40. The molecule has 1 aliphatic heterocycles. The Bertz CT molecular complexity index is 516. The molecular weight excluding hydrogens is 268 g/mol. The summed E-state index contributed by atoms with van der Waals surface area (Å²) in [6.45, 7) is 5.28. The van der Waals surface area contributed by atoms with Crippen molar-refractivity contribution >= 4 is 11.8 Å². The van der Waals surface area contributed by atoms with E-state index in [4.69, 9.17) is 4.74 Å². The molecule has 2 amide bonds. The van der Waals surface area contributed by atoms with E-state index in [9.17, 15) is 9.59 Å². The lowest BCUT2D eigenvalue weighted by molar-refractivity contribution is 0.0934. The Morgan fingerprint density at radius 1 is 1.43 bits per heavy atom. The lowest BCUT2D eigenvalue weighted by Gasteiger charge is -2.21. The molecule has 1 N–H and O–H groups in total. The highest BCUT2D eigenvalue weighted by molar-refractivity contribution is 5.99. The molecule has 1 aromatic rings. The minimum Gasteiger partial charge on any atom is -0.494 e. The van der Waals surface area contributed by atoms with Crippen molar-refractivity contribution in [2.24, 2.45) is 0 Å². The van der Waals surface area contributed by atoms with Crippen molar-refractivity contribution in [2.45, 2.75) is 32.7 Å². The van der Waals surface area contributed by atoms with Gasteiger partial charge in [-0.2, -0.15) is 0 Å². The summed E-state index contributed by atoms with van der Waals surface area (Å²) in [6, 6.07) is 7.07. The first-order chi connectivity index (χ1) is 10.2. The normalized spacial score (nSPS) is 17.7. The average Bonchev–Trinajstić information content (AvgIpc) is 2.81. The summed E-state index contributed by atoms with van der Waals surface area (Å²) in [4.78, 5) is 25.8. The fraction of sp³-hybridized carbons (Fsp3) is 0.500. The lowest BCUT2D eigenvalue weighted by atomic mass is 10.1. The van der Waals surface area contributed by atoms with Gasteiger partial charge in [0, 0.05) is 12.1 Å². The largest absolute Gasteiger partial charge is 0.494 e. The van der Waals surface area contributed by atoms with Crippen molar-refractivity contribution in [2.75, 3.05) is 19.7 Å². The van der Waals surface area contributed by atoms with Crippen LogP contribution in [0.1, 0.15) is 37.0 Å². The van der Waals surface area contributed by atoms with E-state index in [1.807, 2.05) is 13.0 Å². The number of hydrogen-bond donors (Lipinski definition) is 1. The first-order valence-electron chi connectivity index (χ1n) is 7.46. The summed E-state index contributed by atoms with van der Waals surface area (Å²) in [6.07, 6.45) is 1.90. The van der Waals surface area contributed by atoms with Crippen molar-refractivity contribution < 1.29 is 14.3 Å². The lowest BCUT2D eigenvalue weighted by Crippen LogP contribution is -2.38. The predicted molar refractivity (Wildman–Crippen MR) is 80.7 cm³/mol. The maximum absolute atomic E-state index is 12.4. The molecule has 1 fully saturated rings. The molecule has 114 valence electrons. The van der Waals surface area contributed by atoms with Gasteiger partial charge >= 0.3 is 6.03 Å². The molecule has 0 aliphatic carbocycles. The zero-order chi connectivity index (χ0) is 15.2. The summed E-state index contributed by atoms with van der Waals surface area (Å²) in [5.41, 5.74) is 0.580. The van der Waals surface area contributed by atoms with Crippen molar-refractivity contribution in [1.29, 1.82) is 0 Å². The van der Waals surface area contributed by atoms with Crippen LogP contribution < -0.4 is 10.1 Å². The number of carbonyl (C=O) groups excluding carboxylic acids is 2. The van der Waals surface area contributed by atoms with E-state index in [0.717, 1.165) is 12.8 Å². The zero-order valence-corrected chi connectivity index (χ0v) is 12.6. The molecule has 0 radical (unpaired) electrons. The van der Waals surface area contributed by atoms with E-state index in [1.54, 1.807) is 23.1 Å². The third kappa shape index (κ3) is 3.74. The van der Waals surface area contributed by atoms with Crippen LogP contribution in [0.25, 0.3) is 0 Å². The maximum Gasteiger partial charge on any atom is 0.318 e. The van der Waals surface area contributed by atoms with Crippen LogP contribution in [-0.2, 0) is 0 Å². The van der Waals surface area contributed by atoms with Gasteiger partial charge in [-0.3, -0.25) is 4.79 Å². The maximum atomic E-state index is 12.4. The van der Waals surface area contributed by atoms with E-state index < -0.39 is 0 Å². The Morgan fingerprint density at radius 3 is 2.95 bits per heavy atom. The van der Waals surface area contributed by atoms with Crippen LogP contribution in [0.5, 0.6) is 5.75 Å². The van der Waals surface area contributed by atoms with Gasteiger partial charge < -0.3 is 15.0 Å². The van der Waals surface area contributed by atoms with Gasteiger partial charge in [0.25, 0.3) is 0 Å². The zero-order valence-electron chi connectivity index (χ0n) is 12.6. The number of nitrogens with zero attached hydrogens (tertiary/aromatic N) is 1. The van der Waals surface area contributed by atoms with Gasteiger partial charge in [0.2, 0.25) is 0 Å². The molecule has 5 nitrogen and oxygen atoms in total. The minimum atomic E-state index is -0.150. The Morgan fingerprint density at radius 2 is 2.24 bits per heavy atom. The monoisotopic (exact) mass is 290 g/mol. The summed E-state index contributed by atoms with van der Waals surface area (Å²) in [5.74, 6) is 0.619. The van der Waals surface area contributed by atoms with Gasteiger partial charge in [-0.1, -0.05) is 25.5 Å². The standard InChI is InChI=1S/C16H22N2O3/c1-3-6-13-10-17-16(20)18(13)11-15(19)12-7-5-8-14(9-12)21-4-2/h5,7-9,13H,3-4,6,10-11H2,1-2H3,(H,17,20)/t13-/m0/s1. The second-order valence-corrected chi connectivity index (χ2v) is 5.14. The van der Waals surface area contributed by atoms with Gasteiger partial charge in [0.1, 0.15) is 5.75 Å². The SMILES string of the molecule is CCC[C@H]1CNC(=O)N1CC(=O)c1cccc(OCC)c1. The molecular formula is C16H22N2O3. The molecule has 5 heteroatoms. The van der Waals surface area contributed by atoms with Gasteiger partial charge in [-0.15, -0.1) is 0 Å². The number of ketones is 1. The molecule has 0 spiro atoms. The second-order valence-electron chi connectivity index (χ2n) is 5.14. The molecule has 0 bridgehead atoms. The highest BCUT2D eigenvalue weighted by atomic mass is 16.5. The highest BCUT2D eigenvalue weighted by Crippen LogP contribution is 2.17. The van der Waals surface area contributed by atoms with Crippen molar-refractivity contribution in [1.82, 2.24) is 10.2 Å². The number of amides is 2. The van der Waals surface area contributed by atoms with Crippen LogP contribution in [0.15, 0.2) is 24.3 Å². The van der Waals surface area contributed by atoms with Crippen LogP contribution in [-0.4, -0.2) is 42.5 Å². The van der Waals surface area contributed by atoms with E-state index in [2.05, 4.69) is 12.2 Å². The van der Waals surface area contributed by atoms with Crippen LogP contribution in [0, 0.1) is 0 Å². The molecule has 1 saturated heterocycles. The number of ether oxygens (including phenoxy) is 1. The Hall–Kier alpha value is -2.04. The van der Waals surface area contributed by atoms with Crippen molar-refractivity contribution in [3.05, 3.63) is 29.8 Å².